The molecule has 1 aromatic heterocycles. The predicted molar refractivity (Wildman–Crippen MR) is 105 cm³/mol. The van der Waals surface area contributed by atoms with Gasteiger partial charge in [0.05, 0.1) is 0 Å². The Morgan fingerprint density at radius 2 is 1.76 bits per heavy atom. The summed E-state index contributed by atoms with van der Waals surface area (Å²) >= 11 is 0. The monoisotopic (exact) mass is 339 g/mol. The second-order valence-corrected chi connectivity index (χ2v) is 7.60. The molecule has 1 aliphatic rings. The number of anilines is 3. The van der Waals surface area contributed by atoms with Gasteiger partial charge >= 0.3 is 0 Å². The Kier molecular flexibility index (Phi) is 5.23. The summed E-state index contributed by atoms with van der Waals surface area (Å²) in [6, 6.07) is 10.5. The Morgan fingerprint density at radius 1 is 1.04 bits per heavy atom. The summed E-state index contributed by atoms with van der Waals surface area (Å²) in [5.74, 6) is 1.85. The molecule has 1 aromatic carbocycles. The Labute approximate surface area is 151 Å². The quantitative estimate of drug-likeness (QED) is 0.921. The highest BCUT2D eigenvalue weighted by Crippen LogP contribution is 2.31. The number of hydrogen-bond acceptors (Lipinski definition) is 5. The van der Waals surface area contributed by atoms with Gasteiger partial charge in [0.1, 0.15) is 18.0 Å². The van der Waals surface area contributed by atoms with Crippen molar-refractivity contribution in [1.29, 1.82) is 0 Å². The lowest BCUT2D eigenvalue weighted by Crippen LogP contribution is -2.46. The van der Waals surface area contributed by atoms with E-state index in [1.165, 1.54) is 5.56 Å². The fourth-order valence-electron chi connectivity index (χ4n) is 3.27. The summed E-state index contributed by atoms with van der Waals surface area (Å²) in [4.78, 5) is 13.7. The third-order valence-electron chi connectivity index (χ3n) is 4.79. The minimum absolute atomic E-state index is 0.0793. The average molecular weight is 339 g/mol. The van der Waals surface area contributed by atoms with Crippen LogP contribution in [0.1, 0.15) is 33.3 Å². The number of likely N-dealkylation sites (N-methyl/N-ethyl adjacent to an activating group) is 1. The van der Waals surface area contributed by atoms with Crippen molar-refractivity contribution >= 4 is 17.3 Å². The first-order valence-corrected chi connectivity index (χ1v) is 9.13. The molecule has 0 atom stereocenters. The van der Waals surface area contributed by atoms with E-state index in [0.717, 1.165) is 50.0 Å². The molecule has 5 nitrogen and oxygen atoms in total. The van der Waals surface area contributed by atoms with E-state index in [1.807, 2.05) is 0 Å². The Morgan fingerprint density at radius 3 is 2.44 bits per heavy atom. The van der Waals surface area contributed by atoms with Crippen LogP contribution in [-0.4, -0.2) is 47.6 Å². The van der Waals surface area contributed by atoms with Gasteiger partial charge in [-0.25, -0.2) is 9.97 Å². The molecule has 0 unspecified atom stereocenters. The molecule has 5 heteroatoms. The average Bonchev–Trinajstić information content (AvgIpc) is 2.62. The molecular weight excluding hydrogens is 310 g/mol. The third-order valence-corrected chi connectivity index (χ3v) is 4.79. The third kappa shape index (κ3) is 4.28. The maximum Gasteiger partial charge on any atom is 0.135 e. The molecule has 0 radical (unpaired) electrons. The zero-order chi connectivity index (χ0) is 17.9. The first-order chi connectivity index (χ1) is 12.0. The van der Waals surface area contributed by atoms with Crippen LogP contribution in [0, 0.1) is 0 Å². The lowest BCUT2D eigenvalue weighted by Gasteiger charge is -2.34. The van der Waals surface area contributed by atoms with Gasteiger partial charge in [-0.15, -0.1) is 0 Å². The summed E-state index contributed by atoms with van der Waals surface area (Å²) in [6.07, 6.45) is 1.66. The van der Waals surface area contributed by atoms with Crippen LogP contribution in [0.2, 0.25) is 0 Å². The van der Waals surface area contributed by atoms with Crippen molar-refractivity contribution in [3.05, 3.63) is 42.2 Å². The van der Waals surface area contributed by atoms with Crippen molar-refractivity contribution < 1.29 is 0 Å². The summed E-state index contributed by atoms with van der Waals surface area (Å²) in [5, 5.41) is 3.49. The molecular formula is C20H29N5. The zero-order valence-electron chi connectivity index (χ0n) is 15.8. The molecule has 1 N–H and O–H groups in total. The molecule has 2 aromatic rings. The summed E-state index contributed by atoms with van der Waals surface area (Å²) in [6.45, 7) is 14.2. The fourth-order valence-corrected chi connectivity index (χ4v) is 3.27. The van der Waals surface area contributed by atoms with Crippen molar-refractivity contribution in [1.82, 2.24) is 14.9 Å². The van der Waals surface area contributed by atoms with Crippen molar-refractivity contribution in [3.63, 3.8) is 0 Å². The fraction of sp³-hybridized carbons (Fsp3) is 0.500. The highest BCUT2D eigenvalue weighted by Gasteiger charge is 2.19. The van der Waals surface area contributed by atoms with Crippen LogP contribution < -0.4 is 10.2 Å². The van der Waals surface area contributed by atoms with Crippen LogP contribution in [0.15, 0.2) is 36.7 Å². The van der Waals surface area contributed by atoms with E-state index in [1.54, 1.807) is 6.33 Å². The van der Waals surface area contributed by atoms with Crippen molar-refractivity contribution in [2.45, 2.75) is 33.1 Å². The molecule has 25 heavy (non-hydrogen) atoms. The van der Waals surface area contributed by atoms with Crippen LogP contribution >= 0.6 is 0 Å². The normalized spacial score (nSPS) is 16.1. The predicted octanol–water partition coefficient (Wildman–Crippen LogP) is 3.66. The molecule has 1 fully saturated rings. The van der Waals surface area contributed by atoms with Gasteiger partial charge in [-0.3, -0.25) is 0 Å². The van der Waals surface area contributed by atoms with Crippen LogP contribution in [0.5, 0.6) is 0 Å². The summed E-state index contributed by atoms with van der Waals surface area (Å²) in [7, 11) is 0. The summed E-state index contributed by atoms with van der Waals surface area (Å²) in [5.41, 5.74) is 2.47. The van der Waals surface area contributed by atoms with E-state index in [9.17, 15) is 0 Å². The van der Waals surface area contributed by atoms with Gasteiger partial charge in [0.25, 0.3) is 0 Å². The van der Waals surface area contributed by atoms with E-state index in [4.69, 9.17) is 0 Å². The molecule has 1 saturated heterocycles. The molecule has 3 rings (SSSR count). The van der Waals surface area contributed by atoms with E-state index in [-0.39, 0.29) is 5.41 Å². The van der Waals surface area contributed by atoms with Crippen LogP contribution in [0.3, 0.4) is 0 Å². The first-order valence-electron chi connectivity index (χ1n) is 9.13. The van der Waals surface area contributed by atoms with Gasteiger partial charge < -0.3 is 15.1 Å². The minimum atomic E-state index is 0.0793. The van der Waals surface area contributed by atoms with Crippen molar-refractivity contribution in [3.8, 4) is 0 Å². The molecule has 0 spiro atoms. The van der Waals surface area contributed by atoms with E-state index < -0.39 is 0 Å². The Hall–Kier alpha value is -2.14. The molecule has 2 heterocycles. The molecule has 1 aliphatic heterocycles. The van der Waals surface area contributed by atoms with Gasteiger partial charge in [-0.2, -0.15) is 0 Å². The number of hydrogen-bond donors (Lipinski definition) is 1. The smallest absolute Gasteiger partial charge is 0.135 e. The largest absolute Gasteiger partial charge is 0.354 e. The number of benzene rings is 1. The lowest BCUT2D eigenvalue weighted by atomic mass is 9.86. The van der Waals surface area contributed by atoms with Gasteiger partial charge in [0.2, 0.25) is 0 Å². The second kappa shape index (κ2) is 7.40. The van der Waals surface area contributed by atoms with Gasteiger partial charge in [-0.05, 0) is 23.6 Å². The van der Waals surface area contributed by atoms with Gasteiger partial charge in [0, 0.05) is 37.9 Å². The molecule has 0 saturated carbocycles. The van der Waals surface area contributed by atoms with E-state index in [0.29, 0.717) is 0 Å². The highest BCUT2D eigenvalue weighted by atomic mass is 15.3. The van der Waals surface area contributed by atoms with Crippen LogP contribution in [0.4, 0.5) is 17.3 Å². The topological polar surface area (TPSA) is 44.3 Å². The van der Waals surface area contributed by atoms with Gasteiger partial charge in [-0.1, -0.05) is 45.9 Å². The van der Waals surface area contributed by atoms with Gasteiger partial charge in [0.15, 0.2) is 0 Å². The molecule has 134 valence electrons. The molecule has 0 amide bonds. The zero-order valence-corrected chi connectivity index (χ0v) is 15.8. The second-order valence-electron chi connectivity index (χ2n) is 7.60. The number of para-hydroxylation sites is 1. The maximum absolute atomic E-state index is 4.48. The van der Waals surface area contributed by atoms with Crippen LogP contribution in [-0.2, 0) is 5.41 Å². The number of rotatable bonds is 4. The number of nitrogens with one attached hydrogen (secondary N) is 1. The van der Waals surface area contributed by atoms with E-state index in [2.05, 4.69) is 83.1 Å². The number of aromatic nitrogens is 2. The maximum atomic E-state index is 4.48. The standard InChI is InChI=1S/C20H29N5/c1-5-24-10-12-25(13-11-24)19-14-18(21-15-22-19)23-17-9-7-6-8-16(17)20(2,3)4/h6-9,14-15H,5,10-13H2,1-4H3,(H,21,22,23). The first kappa shape index (κ1) is 17.7. The molecule has 0 aliphatic carbocycles. The highest BCUT2D eigenvalue weighted by molar-refractivity contribution is 5.64. The van der Waals surface area contributed by atoms with Crippen molar-refractivity contribution in [2.24, 2.45) is 0 Å². The Balaban J connectivity index is 1.77. The Bertz CT molecular complexity index is 699. The number of nitrogens with zero attached hydrogens (tertiary/aromatic N) is 4. The van der Waals surface area contributed by atoms with E-state index >= 15 is 0 Å². The van der Waals surface area contributed by atoms with Crippen molar-refractivity contribution in [2.75, 3.05) is 42.9 Å². The summed E-state index contributed by atoms with van der Waals surface area (Å²) < 4.78 is 0. The minimum Gasteiger partial charge on any atom is -0.354 e. The van der Waals surface area contributed by atoms with Crippen LogP contribution in [0.25, 0.3) is 0 Å². The number of piperazine rings is 1. The molecule has 0 bridgehead atoms. The SMILES string of the molecule is CCN1CCN(c2cc(Nc3ccccc3C(C)(C)C)ncn2)CC1. The lowest BCUT2D eigenvalue weighted by molar-refractivity contribution is 0.270.